The van der Waals surface area contributed by atoms with E-state index in [2.05, 4.69) is 12.1 Å². The highest BCUT2D eigenvalue weighted by Crippen LogP contribution is 2.47. The van der Waals surface area contributed by atoms with Crippen molar-refractivity contribution in [3.8, 4) is 9.75 Å². The van der Waals surface area contributed by atoms with Crippen molar-refractivity contribution in [1.82, 2.24) is 0 Å². The molecule has 0 aliphatic rings. The van der Waals surface area contributed by atoms with E-state index in [-0.39, 0.29) is 0 Å². The normalized spacial score (nSPS) is 14.8. The summed E-state index contributed by atoms with van der Waals surface area (Å²) in [7, 11) is 0. The van der Waals surface area contributed by atoms with Crippen molar-refractivity contribution in [2.45, 2.75) is 11.2 Å². The van der Waals surface area contributed by atoms with E-state index < -0.39 is 11.2 Å². The molecule has 6 aromatic rings. The summed E-state index contributed by atoms with van der Waals surface area (Å²) in [4.78, 5) is 5.66. The van der Waals surface area contributed by atoms with Crippen molar-refractivity contribution in [3.05, 3.63) is 151 Å². The molecule has 0 radical (unpaired) electrons. The molecule has 2 unspecified atom stereocenters. The van der Waals surface area contributed by atoms with E-state index in [1.165, 1.54) is 0 Å². The maximum atomic E-state index is 12.1. The van der Waals surface area contributed by atoms with Crippen LogP contribution < -0.4 is 0 Å². The third-order valence-corrected chi connectivity index (χ3v) is 10.8. The van der Waals surface area contributed by atoms with Gasteiger partial charge in [-0.25, -0.2) is 0 Å². The van der Waals surface area contributed by atoms with Crippen molar-refractivity contribution < 1.29 is 10.2 Å². The molecule has 2 nitrogen and oxygen atoms in total. The van der Waals surface area contributed by atoms with Crippen LogP contribution in [-0.2, 0) is 11.2 Å². The number of benzene rings is 2. The Bertz CT molecular complexity index is 1430. The minimum absolute atomic E-state index is 0.851. The lowest BCUT2D eigenvalue weighted by atomic mass is 9.90. The first-order valence-electron chi connectivity index (χ1n) is 11.4. The zero-order valence-corrected chi connectivity index (χ0v) is 22.3. The van der Waals surface area contributed by atoms with Gasteiger partial charge in [-0.15, -0.1) is 45.3 Å². The maximum Gasteiger partial charge on any atom is 0.158 e. The van der Waals surface area contributed by atoms with Crippen LogP contribution in [0.5, 0.6) is 0 Å². The van der Waals surface area contributed by atoms with Gasteiger partial charge in [0.25, 0.3) is 0 Å². The van der Waals surface area contributed by atoms with Crippen LogP contribution in [0.4, 0.5) is 0 Å². The lowest BCUT2D eigenvalue weighted by Crippen LogP contribution is -2.26. The molecule has 6 heteroatoms. The van der Waals surface area contributed by atoms with Crippen molar-refractivity contribution in [2.24, 2.45) is 0 Å². The van der Waals surface area contributed by atoms with E-state index in [0.717, 1.165) is 40.4 Å². The maximum absolute atomic E-state index is 12.1. The molecule has 0 amide bonds. The molecule has 2 N–H and O–H groups in total. The highest BCUT2D eigenvalue weighted by atomic mass is 32.1. The molecule has 0 aliphatic heterocycles. The summed E-state index contributed by atoms with van der Waals surface area (Å²) in [6.45, 7) is 0. The Balaban J connectivity index is 1.42. The van der Waals surface area contributed by atoms with Crippen molar-refractivity contribution in [2.75, 3.05) is 0 Å². The number of hydrogen-bond donors (Lipinski definition) is 2. The largest absolute Gasteiger partial charge is 0.374 e. The lowest BCUT2D eigenvalue weighted by Gasteiger charge is -2.27. The van der Waals surface area contributed by atoms with Crippen LogP contribution in [0.1, 0.15) is 30.6 Å². The topological polar surface area (TPSA) is 40.5 Å². The molecule has 4 aromatic heterocycles. The Morgan fingerprint density at radius 3 is 1.19 bits per heavy atom. The molecule has 36 heavy (non-hydrogen) atoms. The SMILES string of the molecule is OC(c1ccccc1)(c1cccs1)c1ccc(-c2ccc(C(O)(c3ccccc3)c3cccs3)s2)s1. The second-order valence-electron chi connectivity index (χ2n) is 8.44. The monoisotopic (exact) mass is 542 g/mol. The van der Waals surface area contributed by atoms with E-state index in [0.29, 0.717) is 0 Å². The van der Waals surface area contributed by atoms with Gasteiger partial charge in [-0.3, -0.25) is 0 Å². The van der Waals surface area contributed by atoms with Gasteiger partial charge in [0.15, 0.2) is 11.2 Å². The van der Waals surface area contributed by atoms with E-state index in [9.17, 15) is 10.2 Å². The first-order chi connectivity index (χ1) is 17.6. The van der Waals surface area contributed by atoms with Gasteiger partial charge in [0, 0.05) is 29.3 Å². The van der Waals surface area contributed by atoms with Crippen molar-refractivity contribution in [1.29, 1.82) is 0 Å². The van der Waals surface area contributed by atoms with Gasteiger partial charge >= 0.3 is 0 Å². The first kappa shape index (κ1) is 23.6. The molecule has 0 spiro atoms. The number of thiophene rings is 4. The molecule has 178 valence electrons. The Hall–Kier alpha value is -2.84. The molecule has 2 aromatic carbocycles. The van der Waals surface area contributed by atoms with E-state index in [1.807, 2.05) is 108 Å². The number of aliphatic hydroxyl groups is 2. The molecule has 0 fully saturated rings. The summed E-state index contributed by atoms with van der Waals surface area (Å²) in [5, 5.41) is 28.1. The predicted molar refractivity (Wildman–Crippen MR) is 153 cm³/mol. The Morgan fingerprint density at radius 2 is 0.833 bits per heavy atom. The quantitative estimate of drug-likeness (QED) is 0.214. The van der Waals surface area contributed by atoms with Crippen LogP contribution in [0.2, 0.25) is 0 Å². The minimum atomic E-state index is -1.21. The van der Waals surface area contributed by atoms with Crippen molar-refractivity contribution in [3.63, 3.8) is 0 Å². The summed E-state index contributed by atoms with van der Waals surface area (Å²) >= 11 is 6.29. The van der Waals surface area contributed by atoms with E-state index in [1.54, 1.807) is 45.3 Å². The smallest absolute Gasteiger partial charge is 0.158 e. The van der Waals surface area contributed by atoms with Crippen LogP contribution >= 0.6 is 45.3 Å². The second-order valence-corrected chi connectivity index (χ2v) is 12.5. The zero-order chi connectivity index (χ0) is 24.6. The highest BCUT2D eigenvalue weighted by molar-refractivity contribution is 7.22. The average Bonchev–Trinajstić information content (AvgIpc) is 3.75. The molecule has 4 heterocycles. The van der Waals surface area contributed by atoms with Crippen LogP contribution in [0.3, 0.4) is 0 Å². The number of rotatable bonds is 7. The van der Waals surface area contributed by atoms with Gasteiger partial charge in [0.05, 0.1) is 0 Å². The fraction of sp³-hybridized carbons (Fsp3) is 0.0667. The van der Waals surface area contributed by atoms with E-state index >= 15 is 0 Å². The molecular weight excluding hydrogens is 521 g/mol. The van der Waals surface area contributed by atoms with Gasteiger partial charge in [0.1, 0.15) is 0 Å². The van der Waals surface area contributed by atoms with Crippen molar-refractivity contribution >= 4 is 45.3 Å². The molecular formula is C30H22O2S4. The molecule has 6 rings (SSSR count). The van der Waals surface area contributed by atoms with Gasteiger partial charge in [-0.05, 0) is 58.3 Å². The first-order valence-corrected chi connectivity index (χ1v) is 14.8. The molecule has 2 atom stereocenters. The van der Waals surface area contributed by atoms with Gasteiger partial charge in [-0.1, -0.05) is 72.8 Å². The molecule has 0 aliphatic carbocycles. The van der Waals surface area contributed by atoms with Gasteiger partial charge in [-0.2, -0.15) is 0 Å². The Morgan fingerprint density at radius 1 is 0.417 bits per heavy atom. The summed E-state index contributed by atoms with van der Waals surface area (Å²) < 4.78 is 0. The minimum Gasteiger partial charge on any atom is -0.374 e. The molecule has 0 saturated carbocycles. The van der Waals surface area contributed by atoms with E-state index in [4.69, 9.17) is 0 Å². The van der Waals surface area contributed by atoms with Crippen LogP contribution in [-0.4, -0.2) is 10.2 Å². The van der Waals surface area contributed by atoms with Gasteiger partial charge < -0.3 is 10.2 Å². The van der Waals surface area contributed by atoms with Crippen LogP contribution in [0.15, 0.2) is 120 Å². The molecule has 0 bridgehead atoms. The molecule has 0 saturated heterocycles. The summed E-state index contributed by atoms with van der Waals surface area (Å²) in [5.41, 5.74) is -0.715. The fourth-order valence-corrected chi connectivity index (χ4v) is 8.67. The zero-order valence-electron chi connectivity index (χ0n) is 19.1. The third kappa shape index (κ3) is 3.91. The summed E-state index contributed by atoms with van der Waals surface area (Å²) in [6, 6.07) is 35.8. The van der Waals surface area contributed by atoms with Crippen LogP contribution in [0.25, 0.3) is 9.75 Å². The summed E-state index contributed by atoms with van der Waals surface area (Å²) in [5.74, 6) is 0. The standard InChI is InChI=1S/C30H22O2S4/c31-29(25-13-7-19-33-25,21-9-3-1-4-10-21)27-17-15-23(35-27)24-16-18-28(36-24)30(32,26-14-8-20-34-26)22-11-5-2-6-12-22/h1-20,31-32H. The summed E-state index contributed by atoms with van der Waals surface area (Å²) in [6.07, 6.45) is 0. The average molecular weight is 543 g/mol. The predicted octanol–water partition coefficient (Wildman–Crippen LogP) is 8.17. The lowest BCUT2D eigenvalue weighted by molar-refractivity contribution is 0.133. The fourth-order valence-electron chi connectivity index (χ4n) is 4.47. The number of hydrogen-bond acceptors (Lipinski definition) is 6. The Kier molecular flexibility index (Phi) is 6.25. The highest BCUT2D eigenvalue weighted by Gasteiger charge is 2.38. The van der Waals surface area contributed by atoms with Crippen LogP contribution in [0, 0.1) is 0 Å². The Labute approximate surface area is 226 Å². The third-order valence-electron chi connectivity index (χ3n) is 6.31. The van der Waals surface area contributed by atoms with Gasteiger partial charge in [0.2, 0.25) is 0 Å². The second kappa shape index (κ2) is 9.56.